The predicted molar refractivity (Wildman–Crippen MR) is 134 cm³/mol. The topological polar surface area (TPSA) is 27.7 Å². The van der Waals surface area contributed by atoms with E-state index in [4.69, 9.17) is 13.3 Å². The van der Waals surface area contributed by atoms with Gasteiger partial charge in [0.2, 0.25) is 0 Å². The normalized spacial score (nSPS) is 12.8. The fraction of sp³-hybridized carbons (Fsp3) is 0.769. The highest BCUT2D eigenvalue weighted by Gasteiger charge is 2.38. The Morgan fingerprint density at radius 3 is 1.33 bits per heavy atom. The van der Waals surface area contributed by atoms with Crippen LogP contribution in [0.25, 0.3) is 0 Å². The molecule has 0 aliphatic carbocycles. The van der Waals surface area contributed by atoms with Crippen LogP contribution in [0.3, 0.4) is 0 Å². The summed E-state index contributed by atoms with van der Waals surface area (Å²) in [5, 5.41) is 0. The van der Waals surface area contributed by atoms with Gasteiger partial charge in [-0.15, -0.1) is 0 Å². The van der Waals surface area contributed by atoms with Gasteiger partial charge in [-0.05, 0) is 31.4 Å². The number of hydrogen-bond acceptors (Lipinski definition) is 3. The highest BCUT2D eigenvalue weighted by Crippen LogP contribution is 2.17. The lowest BCUT2D eigenvalue weighted by molar-refractivity contribution is 0.0673. The summed E-state index contributed by atoms with van der Waals surface area (Å²) in [6, 6.07) is 0. The second-order valence-electron chi connectivity index (χ2n) is 7.91. The van der Waals surface area contributed by atoms with E-state index in [1.165, 1.54) is 57.8 Å². The van der Waals surface area contributed by atoms with Gasteiger partial charge in [0, 0.05) is 19.8 Å². The Bertz CT molecular complexity index is 396. The van der Waals surface area contributed by atoms with Crippen molar-refractivity contribution in [2.24, 2.45) is 0 Å². The molecule has 0 bridgehead atoms. The minimum Gasteiger partial charge on any atom is -0.370 e. The largest absolute Gasteiger partial charge is 0.529 e. The average Bonchev–Trinajstić information content (AvgIpc) is 2.75. The van der Waals surface area contributed by atoms with E-state index in [9.17, 15) is 0 Å². The van der Waals surface area contributed by atoms with E-state index in [2.05, 4.69) is 63.8 Å². The van der Waals surface area contributed by atoms with Gasteiger partial charge in [0.05, 0.1) is 0 Å². The first-order valence-corrected chi connectivity index (χ1v) is 14.5. The molecular formula is C26H50O3Si. The van der Waals surface area contributed by atoms with Crippen LogP contribution in [-0.4, -0.2) is 28.6 Å². The first kappa shape index (κ1) is 29.3. The van der Waals surface area contributed by atoms with Crippen LogP contribution in [0.15, 0.2) is 36.1 Å². The summed E-state index contributed by atoms with van der Waals surface area (Å²) in [5.41, 5.74) is 2.09. The Hall–Kier alpha value is -0.683. The zero-order valence-corrected chi connectivity index (χ0v) is 21.5. The lowest BCUT2D eigenvalue weighted by atomic mass is 10.2. The van der Waals surface area contributed by atoms with Gasteiger partial charge in [0.25, 0.3) is 0 Å². The summed E-state index contributed by atoms with van der Waals surface area (Å²) >= 11 is 0. The van der Waals surface area contributed by atoms with Crippen molar-refractivity contribution in [1.82, 2.24) is 0 Å². The zero-order valence-electron chi connectivity index (χ0n) is 20.5. The molecule has 0 aliphatic rings. The molecule has 0 amide bonds. The van der Waals surface area contributed by atoms with Gasteiger partial charge in [-0.2, -0.15) is 0 Å². The fourth-order valence-electron chi connectivity index (χ4n) is 3.02. The molecule has 0 aromatic carbocycles. The molecule has 0 saturated heterocycles. The van der Waals surface area contributed by atoms with Crippen molar-refractivity contribution in [3.63, 3.8) is 0 Å². The van der Waals surface area contributed by atoms with Crippen LogP contribution in [0.4, 0.5) is 0 Å². The zero-order chi connectivity index (χ0) is 22.2. The molecule has 0 aliphatic heterocycles. The standard InChI is InChI=1S/C26H50O3Si/c1-5-9-13-17-18-22-26-30(27-23-19-14-10-6-2,28-24-20-15-11-7-3)29-25-21-16-12-8-4/h9,13,17-18,22,26H,5-8,10-12,14-16,19-21,23-25H2,1-4H3. The summed E-state index contributed by atoms with van der Waals surface area (Å²) in [6.45, 7) is 11.0. The maximum absolute atomic E-state index is 6.37. The molecule has 0 aromatic heterocycles. The molecule has 0 saturated carbocycles. The van der Waals surface area contributed by atoms with Crippen molar-refractivity contribution < 1.29 is 13.3 Å². The van der Waals surface area contributed by atoms with E-state index >= 15 is 0 Å². The molecule has 0 fully saturated rings. The van der Waals surface area contributed by atoms with Crippen molar-refractivity contribution in [2.45, 2.75) is 111 Å². The van der Waals surface area contributed by atoms with Gasteiger partial charge >= 0.3 is 8.80 Å². The molecule has 3 nitrogen and oxygen atoms in total. The maximum Gasteiger partial charge on any atom is 0.529 e. The van der Waals surface area contributed by atoms with Gasteiger partial charge in [-0.3, -0.25) is 0 Å². The predicted octanol–water partition coefficient (Wildman–Crippen LogP) is 8.33. The average molecular weight is 439 g/mol. The SMILES string of the molecule is CCC=CC=CC=C[Si](OCCCCCC)(OCCCCCC)OCCCCCC. The van der Waals surface area contributed by atoms with E-state index < -0.39 is 8.80 Å². The lowest BCUT2D eigenvalue weighted by Crippen LogP contribution is -2.45. The van der Waals surface area contributed by atoms with E-state index in [0.717, 1.165) is 45.5 Å². The minimum absolute atomic E-state index is 0.722. The van der Waals surface area contributed by atoms with E-state index in [0.29, 0.717) is 0 Å². The van der Waals surface area contributed by atoms with Gasteiger partial charge in [0.15, 0.2) is 0 Å². The molecular weight excluding hydrogens is 388 g/mol. The van der Waals surface area contributed by atoms with Crippen LogP contribution in [0.2, 0.25) is 0 Å². The van der Waals surface area contributed by atoms with Crippen molar-refractivity contribution in [3.05, 3.63) is 36.1 Å². The molecule has 4 heteroatoms. The molecule has 0 aromatic rings. The van der Waals surface area contributed by atoms with Gasteiger partial charge in [0.1, 0.15) is 0 Å². The van der Waals surface area contributed by atoms with Crippen molar-refractivity contribution >= 4 is 8.80 Å². The van der Waals surface area contributed by atoms with E-state index in [1.54, 1.807) is 0 Å². The molecule has 30 heavy (non-hydrogen) atoms. The fourth-order valence-corrected chi connectivity index (χ4v) is 5.19. The molecule has 0 spiro atoms. The summed E-state index contributed by atoms with van der Waals surface area (Å²) in [5.74, 6) is 0. The Morgan fingerprint density at radius 1 is 0.500 bits per heavy atom. The number of unbranched alkanes of at least 4 members (excludes halogenated alkanes) is 9. The molecule has 0 heterocycles. The summed E-state index contributed by atoms with van der Waals surface area (Å²) < 4.78 is 19.1. The Kier molecular flexibility index (Phi) is 22.5. The Labute approximate surface area is 189 Å². The third-order valence-corrected chi connectivity index (χ3v) is 7.33. The summed E-state index contributed by atoms with van der Waals surface area (Å²) in [4.78, 5) is 0. The Balaban J connectivity index is 5.01. The van der Waals surface area contributed by atoms with Crippen LogP contribution in [-0.2, 0) is 13.3 Å². The highest BCUT2D eigenvalue weighted by molar-refractivity contribution is 6.66. The van der Waals surface area contributed by atoms with E-state index in [1.807, 2.05) is 0 Å². The number of rotatable bonds is 22. The van der Waals surface area contributed by atoms with Crippen LogP contribution in [0.1, 0.15) is 111 Å². The molecule has 0 atom stereocenters. The molecule has 176 valence electrons. The second-order valence-corrected chi connectivity index (χ2v) is 10.3. The third kappa shape index (κ3) is 18.1. The van der Waals surface area contributed by atoms with E-state index in [-0.39, 0.29) is 0 Å². The first-order valence-electron chi connectivity index (χ1n) is 12.7. The monoisotopic (exact) mass is 438 g/mol. The third-order valence-electron chi connectivity index (χ3n) is 4.91. The molecule has 0 N–H and O–H groups in total. The van der Waals surface area contributed by atoms with Crippen LogP contribution in [0.5, 0.6) is 0 Å². The molecule has 0 unspecified atom stereocenters. The first-order chi connectivity index (χ1) is 14.7. The second kappa shape index (κ2) is 23.0. The van der Waals surface area contributed by atoms with Crippen LogP contribution in [0, 0.1) is 0 Å². The van der Waals surface area contributed by atoms with Crippen molar-refractivity contribution in [2.75, 3.05) is 19.8 Å². The minimum atomic E-state index is -2.80. The quantitative estimate of drug-likeness (QED) is 0.0965. The maximum atomic E-state index is 6.37. The van der Waals surface area contributed by atoms with Gasteiger partial charge in [-0.25, -0.2) is 0 Å². The lowest BCUT2D eigenvalue weighted by Gasteiger charge is -2.27. The smallest absolute Gasteiger partial charge is 0.370 e. The van der Waals surface area contributed by atoms with Crippen LogP contribution >= 0.6 is 0 Å². The number of allylic oxidation sites excluding steroid dienone is 5. The van der Waals surface area contributed by atoms with Crippen LogP contribution < -0.4 is 0 Å². The van der Waals surface area contributed by atoms with Crippen molar-refractivity contribution in [1.29, 1.82) is 0 Å². The summed E-state index contributed by atoms with van der Waals surface area (Å²) in [6.07, 6.45) is 25.8. The molecule has 0 rings (SSSR count). The Morgan fingerprint density at radius 2 is 0.933 bits per heavy atom. The van der Waals surface area contributed by atoms with Gasteiger partial charge in [-0.1, -0.05) is 116 Å². The molecule has 0 radical (unpaired) electrons. The summed E-state index contributed by atoms with van der Waals surface area (Å²) in [7, 11) is -2.80. The number of hydrogen-bond donors (Lipinski definition) is 0. The highest BCUT2D eigenvalue weighted by atomic mass is 28.4. The van der Waals surface area contributed by atoms with Gasteiger partial charge < -0.3 is 13.3 Å². The van der Waals surface area contributed by atoms with Crippen molar-refractivity contribution in [3.8, 4) is 0 Å².